The second-order valence-corrected chi connectivity index (χ2v) is 5.59. The monoisotopic (exact) mass is 290 g/mol. The molecule has 3 rings (SSSR count). The third-order valence-corrected chi connectivity index (χ3v) is 4.19. The van der Waals surface area contributed by atoms with Gasteiger partial charge in [0.25, 0.3) is 0 Å². The Labute approximate surface area is 121 Å². The molecule has 104 valence electrons. The van der Waals surface area contributed by atoms with Crippen molar-refractivity contribution in [1.82, 2.24) is 9.55 Å². The normalized spacial score (nSPS) is 22.3. The van der Waals surface area contributed by atoms with E-state index in [1.165, 1.54) is 0 Å². The summed E-state index contributed by atoms with van der Waals surface area (Å²) < 4.78 is 1.96. The number of hydrogen-bond acceptors (Lipinski definition) is 2. The highest BCUT2D eigenvalue weighted by atomic mass is 35.5. The van der Waals surface area contributed by atoms with Gasteiger partial charge in [0, 0.05) is 18.0 Å². The van der Waals surface area contributed by atoms with Crippen molar-refractivity contribution in [2.45, 2.75) is 18.8 Å². The Morgan fingerprint density at radius 2 is 2.15 bits per heavy atom. The van der Waals surface area contributed by atoms with E-state index in [9.17, 15) is 9.90 Å². The molecule has 0 bridgehead atoms. The Kier molecular flexibility index (Phi) is 3.26. The van der Waals surface area contributed by atoms with Crippen LogP contribution < -0.4 is 0 Å². The lowest BCUT2D eigenvalue weighted by Gasteiger charge is -2.24. The highest BCUT2D eigenvalue weighted by Crippen LogP contribution is 2.35. The zero-order chi connectivity index (χ0) is 14.3. The van der Waals surface area contributed by atoms with Gasteiger partial charge in [0.15, 0.2) is 0 Å². The molecule has 0 spiro atoms. The Morgan fingerprint density at radius 1 is 1.40 bits per heavy atom. The van der Waals surface area contributed by atoms with Gasteiger partial charge in [0.2, 0.25) is 0 Å². The molecule has 0 radical (unpaired) electrons. The van der Waals surface area contributed by atoms with Gasteiger partial charge in [0.1, 0.15) is 5.82 Å². The number of carboxylic acids is 1. The number of halogens is 1. The fraction of sp³-hybridized carbons (Fsp3) is 0.333. The van der Waals surface area contributed by atoms with Gasteiger partial charge in [-0.25, -0.2) is 4.98 Å². The van der Waals surface area contributed by atoms with Crippen molar-refractivity contribution < 1.29 is 9.90 Å². The summed E-state index contributed by atoms with van der Waals surface area (Å²) in [5, 5.41) is 10.0. The molecule has 1 heterocycles. The predicted octanol–water partition coefficient (Wildman–Crippen LogP) is 3.36. The molecule has 0 unspecified atom stereocenters. The number of benzene rings is 1. The smallest absolute Gasteiger partial charge is 0.307 e. The number of aromatic nitrogens is 2. The first kappa shape index (κ1) is 13.2. The number of carbonyl (C=O) groups is 1. The molecule has 1 aliphatic rings. The number of carboxylic acid groups (broad SMARTS) is 1. The molecule has 0 fully saturated rings. The predicted molar refractivity (Wildman–Crippen MR) is 78.0 cm³/mol. The van der Waals surface area contributed by atoms with Gasteiger partial charge in [-0.2, -0.15) is 0 Å². The number of hydrogen-bond donors (Lipinski definition) is 1. The van der Waals surface area contributed by atoms with Crippen molar-refractivity contribution in [3.63, 3.8) is 0 Å². The van der Waals surface area contributed by atoms with Crippen molar-refractivity contribution in [1.29, 1.82) is 0 Å². The van der Waals surface area contributed by atoms with E-state index >= 15 is 0 Å². The number of rotatable bonds is 2. The Bertz CT molecular complexity index is 705. The molecule has 0 amide bonds. The third-order valence-electron chi connectivity index (χ3n) is 3.96. The maximum absolute atomic E-state index is 11.4. The fourth-order valence-corrected chi connectivity index (χ4v) is 3.05. The van der Waals surface area contributed by atoms with Gasteiger partial charge in [0.05, 0.1) is 17.0 Å². The van der Waals surface area contributed by atoms with Crippen LogP contribution in [0.4, 0.5) is 0 Å². The fourth-order valence-electron chi connectivity index (χ4n) is 2.89. The van der Waals surface area contributed by atoms with Gasteiger partial charge in [-0.15, -0.1) is 0 Å². The molecule has 1 aliphatic carbocycles. The van der Waals surface area contributed by atoms with Crippen LogP contribution >= 0.6 is 11.6 Å². The summed E-state index contributed by atoms with van der Waals surface area (Å²) >= 11 is 6.02. The molecule has 20 heavy (non-hydrogen) atoms. The van der Waals surface area contributed by atoms with Gasteiger partial charge >= 0.3 is 5.97 Å². The highest BCUT2D eigenvalue weighted by Gasteiger charge is 2.33. The molecule has 0 aliphatic heterocycles. The molecule has 5 heteroatoms. The quantitative estimate of drug-likeness (QED) is 0.863. The van der Waals surface area contributed by atoms with Crippen LogP contribution in [0.25, 0.3) is 11.0 Å². The maximum Gasteiger partial charge on any atom is 0.307 e. The second-order valence-electron chi connectivity index (χ2n) is 5.16. The molecule has 4 nitrogen and oxygen atoms in total. The van der Waals surface area contributed by atoms with Crippen LogP contribution in [0.5, 0.6) is 0 Å². The lowest BCUT2D eigenvalue weighted by molar-refractivity contribution is -0.142. The number of allylic oxidation sites excluding steroid dienone is 2. The standard InChI is InChI=1S/C15H15ClN2O2/c1-18-13-8-9(16)6-7-12(13)17-14(18)10-4-2-3-5-11(10)15(19)20/h2-3,6-8,10-11H,4-5H2,1H3,(H,19,20)/t10-,11+/m1/s1. The molecule has 1 aromatic carbocycles. The first-order chi connectivity index (χ1) is 9.58. The van der Waals surface area contributed by atoms with Crippen LogP contribution in [0.3, 0.4) is 0 Å². The van der Waals surface area contributed by atoms with Crippen molar-refractivity contribution in [3.05, 3.63) is 41.2 Å². The van der Waals surface area contributed by atoms with Gasteiger partial charge in [-0.1, -0.05) is 23.8 Å². The van der Waals surface area contributed by atoms with E-state index in [0.29, 0.717) is 17.9 Å². The summed E-state index contributed by atoms with van der Waals surface area (Å²) in [4.78, 5) is 16.0. The van der Waals surface area contributed by atoms with E-state index in [4.69, 9.17) is 11.6 Å². The third kappa shape index (κ3) is 2.10. The summed E-state index contributed by atoms with van der Waals surface area (Å²) in [7, 11) is 1.91. The maximum atomic E-state index is 11.4. The average molecular weight is 291 g/mol. The molecule has 1 aromatic heterocycles. The molecule has 2 atom stereocenters. The summed E-state index contributed by atoms with van der Waals surface area (Å²) in [5.74, 6) is -0.442. The van der Waals surface area contributed by atoms with E-state index in [0.717, 1.165) is 16.9 Å². The molecular weight excluding hydrogens is 276 g/mol. The van der Waals surface area contributed by atoms with Crippen LogP contribution in [0, 0.1) is 5.92 Å². The Hall–Kier alpha value is -1.81. The number of aryl methyl sites for hydroxylation is 1. The number of nitrogens with zero attached hydrogens (tertiary/aromatic N) is 2. The molecule has 0 saturated carbocycles. The zero-order valence-corrected chi connectivity index (χ0v) is 11.8. The van der Waals surface area contributed by atoms with Crippen LogP contribution in [0.2, 0.25) is 5.02 Å². The van der Waals surface area contributed by atoms with E-state index in [1.54, 1.807) is 6.07 Å². The highest BCUT2D eigenvalue weighted by molar-refractivity contribution is 6.31. The lowest BCUT2D eigenvalue weighted by atomic mass is 9.82. The molecule has 0 saturated heterocycles. The van der Waals surface area contributed by atoms with Gasteiger partial charge in [-0.05, 0) is 31.0 Å². The van der Waals surface area contributed by atoms with Gasteiger partial charge in [-0.3, -0.25) is 4.79 Å². The van der Waals surface area contributed by atoms with Crippen molar-refractivity contribution >= 4 is 28.6 Å². The van der Waals surface area contributed by atoms with E-state index in [1.807, 2.05) is 35.9 Å². The van der Waals surface area contributed by atoms with Crippen LogP contribution in [0.15, 0.2) is 30.4 Å². The van der Waals surface area contributed by atoms with Crippen molar-refractivity contribution in [2.75, 3.05) is 0 Å². The zero-order valence-electron chi connectivity index (χ0n) is 11.1. The average Bonchev–Trinajstić information content (AvgIpc) is 2.76. The van der Waals surface area contributed by atoms with Crippen LogP contribution in [0.1, 0.15) is 24.6 Å². The van der Waals surface area contributed by atoms with Crippen molar-refractivity contribution in [2.24, 2.45) is 13.0 Å². The van der Waals surface area contributed by atoms with Crippen LogP contribution in [-0.4, -0.2) is 20.6 Å². The Balaban J connectivity index is 2.11. The first-order valence-electron chi connectivity index (χ1n) is 6.57. The van der Waals surface area contributed by atoms with E-state index in [2.05, 4.69) is 4.98 Å². The molecule has 1 N–H and O–H groups in total. The minimum atomic E-state index is -0.760. The van der Waals surface area contributed by atoms with Crippen LogP contribution in [-0.2, 0) is 11.8 Å². The second kappa shape index (κ2) is 4.94. The largest absolute Gasteiger partial charge is 0.481 e. The summed E-state index contributed by atoms with van der Waals surface area (Å²) in [6.45, 7) is 0. The summed E-state index contributed by atoms with van der Waals surface area (Å²) in [6.07, 6.45) is 5.25. The number of fused-ring (bicyclic) bond motifs is 1. The topological polar surface area (TPSA) is 55.1 Å². The minimum Gasteiger partial charge on any atom is -0.481 e. The lowest BCUT2D eigenvalue weighted by Crippen LogP contribution is -2.25. The van der Waals surface area contributed by atoms with Gasteiger partial charge < -0.3 is 9.67 Å². The SMILES string of the molecule is Cn1c([C@@H]2CC=CC[C@@H]2C(=O)O)nc2ccc(Cl)cc21. The summed E-state index contributed by atoms with van der Waals surface area (Å²) in [6, 6.07) is 5.54. The van der Waals surface area contributed by atoms with E-state index < -0.39 is 11.9 Å². The Morgan fingerprint density at radius 3 is 2.90 bits per heavy atom. The minimum absolute atomic E-state index is 0.0892. The summed E-state index contributed by atoms with van der Waals surface area (Å²) in [5.41, 5.74) is 1.79. The van der Waals surface area contributed by atoms with Crippen molar-refractivity contribution in [3.8, 4) is 0 Å². The molecular formula is C15H15ClN2O2. The number of imidazole rings is 1. The number of aliphatic carboxylic acids is 1. The first-order valence-corrected chi connectivity index (χ1v) is 6.95. The van der Waals surface area contributed by atoms with E-state index in [-0.39, 0.29) is 5.92 Å². The molecule has 2 aromatic rings.